The number of ether oxygens (including phenoxy) is 1. The first-order chi connectivity index (χ1) is 14.5. The lowest BCUT2D eigenvalue weighted by molar-refractivity contribution is -0.131. The van der Waals surface area contributed by atoms with Crippen LogP contribution < -0.4 is 15.4 Å². The lowest BCUT2D eigenvalue weighted by Gasteiger charge is -2.36. The molecule has 2 rings (SSSR count). The van der Waals surface area contributed by atoms with Gasteiger partial charge in [0.1, 0.15) is 18.1 Å². The molecule has 0 aliphatic carbocycles. The number of rotatable bonds is 9. The predicted molar refractivity (Wildman–Crippen MR) is 126 cm³/mol. The summed E-state index contributed by atoms with van der Waals surface area (Å²) in [6.07, 6.45) is 9.48. The van der Waals surface area contributed by atoms with E-state index < -0.39 is 0 Å². The number of alkyl halides is 1. The molecule has 0 saturated heterocycles. The van der Waals surface area contributed by atoms with Crippen LogP contribution in [0.15, 0.2) is 54.3 Å². The summed E-state index contributed by atoms with van der Waals surface area (Å²) in [5.41, 5.74) is 7.42. The van der Waals surface area contributed by atoms with Crippen LogP contribution in [0.25, 0.3) is 0 Å². The highest BCUT2D eigenvalue weighted by Gasteiger charge is 2.29. The summed E-state index contributed by atoms with van der Waals surface area (Å²) in [6, 6.07) is 3.50. The molecule has 162 valence electrons. The predicted octanol–water partition coefficient (Wildman–Crippen LogP) is 2.63. The molecule has 2 N–H and O–H groups in total. The molecule has 0 fully saturated rings. The number of carbonyl (C=O) groups is 2. The van der Waals surface area contributed by atoms with Crippen molar-refractivity contribution < 1.29 is 14.3 Å². The number of allylic oxidation sites excluding steroid dienone is 3. The molecule has 0 unspecified atom stereocenters. The van der Waals surface area contributed by atoms with Crippen LogP contribution in [-0.4, -0.2) is 58.3 Å². The van der Waals surface area contributed by atoms with Gasteiger partial charge in [-0.25, -0.2) is 4.98 Å². The van der Waals surface area contributed by atoms with Crippen molar-refractivity contribution in [2.45, 2.75) is 19.8 Å². The Morgan fingerprint density at radius 2 is 2.20 bits per heavy atom. The number of methoxy groups -OCH3 is 1. The molecule has 0 bridgehead atoms. The van der Waals surface area contributed by atoms with Crippen molar-refractivity contribution in [1.29, 1.82) is 0 Å². The first kappa shape index (κ1) is 23.7. The second kappa shape index (κ2) is 11.6. The van der Waals surface area contributed by atoms with Gasteiger partial charge in [-0.15, -0.1) is 0 Å². The summed E-state index contributed by atoms with van der Waals surface area (Å²) < 4.78 is 5.75. The lowest BCUT2D eigenvalue weighted by Crippen LogP contribution is -2.45. The Hall–Kier alpha value is -2.56. The number of hydrogen-bond acceptors (Lipinski definition) is 6. The highest BCUT2D eigenvalue weighted by molar-refractivity contribution is 14.1. The van der Waals surface area contributed by atoms with E-state index in [0.29, 0.717) is 35.4 Å². The fourth-order valence-electron chi connectivity index (χ4n) is 3.14. The SMILES string of the molecule is C/C=C\N1CC(=O)N(CCCC(=O)N(C)c2ccc(OC)cn2)C(CI)=C1/C=C\N. The zero-order valence-corrected chi connectivity index (χ0v) is 19.7. The maximum absolute atomic E-state index is 12.7. The Kier molecular flexibility index (Phi) is 9.15. The van der Waals surface area contributed by atoms with Gasteiger partial charge in [0.25, 0.3) is 0 Å². The molecule has 0 radical (unpaired) electrons. The Balaban J connectivity index is 2.05. The van der Waals surface area contributed by atoms with Gasteiger partial charge in [-0.3, -0.25) is 14.5 Å². The second-order valence-electron chi connectivity index (χ2n) is 6.59. The van der Waals surface area contributed by atoms with Gasteiger partial charge in [-0.2, -0.15) is 0 Å². The molecule has 8 nitrogen and oxygen atoms in total. The average Bonchev–Trinajstić information content (AvgIpc) is 2.76. The summed E-state index contributed by atoms with van der Waals surface area (Å²) in [7, 11) is 3.26. The van der Waals surface area contributed by atoms with E-state index >= 15 is 0 Å². The van der Waals surface area contributed by atoms with Gasteiger partial charge in [-0.05, 0) is 37.8 Å². The van der Waals surface area contributed by atoms with Gasteiger partial charge in [-0.1, -0.05) is 28.7 Å². The van der Waals surface area contributed by atoms with E-state index in [4.69, 9.17) is 10.5 Å². The van der Waals surface area contributed by atoms with Gasteiger partial charge in [0, 0.05) is 30.6 Å². The van der Waals surface area contributed by atoms with E-state index in [9.17, 15) is 9.59 Å². The fourth-order valence-corrected chi connectivity index (χ4v) is 3.95. The van der Waals surface area contributed by atoms with Crippen LogP contribution in [0.2, 0.25) is 0 Å². The van der Waals surface area contributed by atoms with Gasteiger partial charge >= 0.3 is 0 Å². The maximum atomic E-state index is 12.7. The highest BCUT2D eigenvalue weighted by atomic mass is 127. The van der Waals surface area contributed by atoms with Crippen molar-refractivity contribution in [3.63, 3.8) is 0 Å². The molecule has 0 atom stereocenters. The summed E-state index contributed by atoms with van der Waals surface area (Å²) in [5.74, 6) is 1.14. The molecule has 2 heterocycles. The summed E-state index contributed by atoms with van der Waals surface area (Å²) in [4.78, 5) is 34.7. The maximum Gasteiger partial charge on any atom is 0.246 e. The molecule has 1 aromatic heterocycles. The molecule has 0 aromatic carbocycles. The normalized spacial score (nSPS) is 14.9. The topological polar surface area (TPSA) is 92.0 Å². The van der Waals surface area contributed by atoms with Crippen molar-refractivity contribution in [2.24, 2.45) is 5.73 Å². The molecular weight excluding hydrogens is 497 g/mol. The third-order valence-electron chi connectivity index (χ3n) is 4.69. The van der Waals surface area contributed by atoms with Crippen LogP contribution in [0.1, 0.15) is 19.8 Å². The number of pyridine rings is 1. The van der Waals surface area contributed by atoms with E-state index in [1.54, 1.807) is 37.4 Å². The fraction of sp³-hybridized carbons (Fsp3) is 0.381. The Morgan fingerprint density at radius 3 is 2.77 bits per heavy atom. The van der Waals surface area contributed by atoms with Crippen LogP contribution >= 0.6 is 22.6 Å². The van der Waals surface area contributed by atoms with Crippen LogP contribution in [0.3, 0.4) is 0 Å². The molecule has 9 heteroatoms. The number of aromatic nitrogens is 1. The number of nitrogens with two attached hydrogens (primary N) is 1. The Labute approximate surface area is 191 Å². The van der Waals surface area contributed by atoms with Gasteiger partial charge in [0.15, 0.2) is 0 Å². The molecule has 0 spiro atoms. The average molecular weight is 525 g/mol. The van der Waals surface area contributed by atoms with Crippen molar-refractivity contribution in [2.75, 3.05) is 36.6 Å². The summed E-state index contributed by atoms with van der Waals surface area (Å²) in [6.45, 7) is 2.62. The molecule has 0 saturated carbocycles. The van der Waals surface area contributed by atoms with E-state index in [2.05, 4.69) is 27.6 Å². The first-order valence-corrected chi connectivity index (χ1v) is 11.1. The highest BCUT2D eigenvalue weighted by Crippen LogP contribution is 2.25. The lowest BCUT2D eigenvalue weighted by atomic mass is 10.1. The number of hydrogen-bond donors (Lipinski definition) is 1. The van der Waals surface area contributed by atoms with E-state index in [1.807, 2.05) is 30.2 Å². The minimum absolute atomic E-state index is 0.00608. The molecular formula is C21H28IN5O3. The third-order valence-corrected chi connectivity index (χ3v) is 5.42. The van der Waals surface area contributed by atoms with E-state index in [0.717, 1.165) is 11.4 Å². The summed E-state index contributed by atoms with van der Waals surface area (Å²) >= 11 is 2.24. The zero-order valence-electron chi connectivity index (χ0n) is 17.5. The van der Waals surface area contributed by atoms with Crippen LogP contribution in [0.4, 0.5) is 5.82 Å². The Morgan fingerprint density at radius 1 is 1.43 bits per heavy atom. The molecule has 2 amide bonds. The van der Waals surface area contributed by atoms with Crippen LogP contribution in [0.5, 0.6) is 5.75 Å². The van der Waals surface area contributed by atoms with E-state index in [1.165, 1.54) is 11.1 Å². The monoisotopic (exact) mass is 525 g/mol. The van der Waals surface area contributed by atoms with Crippen molar-refractivity contribution in [3.8, 4) is 5.75 Å². The first-order valence-electron chi connectivity index (χ1n) is 9.60. The standard InChI is InChI=1S/C21H28IN5O3/c1-4-11-26-15-21(29)27(18(13-22)17(26)9-10-23)12-5-6-20(28)25(2)19-8-7-16(30-3)14-24-19/h4,7-11,14H,5-6,12-13,15,23H2,1-3H3/b10-9-,11-4-. The molecule has 1 aromatic rings. The van der Waals surface area contributed by atoms with Gasteiger partial charge in [0.2, 0.25) is 11.8 Å². The second-order valence-corrected chi connectivity index (χ2v) is 7.36. The smallest absolute Gasteiger partial charge is 0.246 e. The van der Waals surface area contributed by atoms with Gasteiger partial charge < -0.3 is 20.3 Å². The third kappa shape index (κ3) is 5.74. The molecule has 1 aliphatic heterocycles. The number of amides is 2. The molecule has 1 aliphatic rings. The molecule has 30 heavy (non-hydrogen) atoms. The van der Waals surface area contributed by atoms with Crippen LogP contribution in [0, 0.1) is 0 Å². The quantitative estimate of drug-likeness (QED) is 0.394. The zero-order chi connectivity index (χ0) is 22.1. The van der Waals surface area contributed by atoms with Crippen molar-refractivity contribution >= 4 is 40.2 Å². The number of halogens is 1. The number of anilines is 1. The number of nitrogens with zero attached hydrogens (tertiary/aromatic N) is 4. The summed E-state index contributed by atoms with van der Waals surface area (Å²) in [5, 5.41) is 0. The van der Waals surface area contributed by atoms with Crippen molar-refractivity contribution in [3.05, 3.63) is 54.3 Å². The Bertz CT molecular complexity index is 836. The van der Waals surface area contributed by atoms with Gasteiger partial charge in [0.05, 0.1) is 24.7 Å². The minimum Gasteiger partial charge on any atom is -0.495 e. The minimum atomic E-state index is -0.0604. The van der Waals surface area contributed by atoms with E-state index in [-0.39, 0.29) is 18.4 Å². The largest absolute Gasteiger partial charge is 0.495 e. The number of carbonyl (C=O) groups excluding carboxylic acids is 2. The van der Waals surface area contributed by atoms with Crippen LogP contribution in [-0.2, 0) is 9.59 Å². The van der Waals surface area contributed by atoms with Crippen molar-refractivity contribution in [1.82, 2.24) is 14.8 Å².